The van der Waals surface area contributed by atoms with Crippen molar-refractivity contribution in [1.82, 2.24) is 9.88 Å². The van der Waals surface area contributed by atoms with E-state index in [0.29, 0.717) is 17.9 Å². The van der Waals surface area contributed by atoms with Crippen LogP contribution in [0, 0.1) is 0 Å². The molecule has 1 aromatic rings. The van der Waals surface area contributed by atoms with Gasteiger partial charge < -0.3 is 9.64 Å². The third-order valence-electron chi connectivity index (χ3n) is 2.27. The molecule has 1 heterocycles. The molecule has 0 aliphatic rings. The highest BCUT2D eigenvalue weighted by Crippen LogP contribution is 2.11. The van der Waals surface area contributed by atoms with E-state index in [2.05, 4.69) is 4.98 Å². The number of carbonyl (C=O) groups is 2. The molecule has 1 aromatic heterocycles. The highest BCUT2D eigenvalue weighted by Gasteiger charge is 2.20. The van der Waals surface area contributed by atoms with Gasteiger partial charge in [-0.3, -0.25) is 4.79 Å². The Kier molecular flexibility index (Phi) is 4.64. The Balaban J connectivity index is 2.71. The average molecular weight is 264 g/mol. The van der Waals surface area contributed by atoms with Gasteiger partial charge >= 0.3 is 6.09 Å². The lowest BCUT2D eigenvalue weighted by molar-refractivity contribution is 0.0283. The molecule has 0 N–H and O–H groups in total. The van der Waals surface area contributed by atoms with Crippen molar-refractivity contribution in [2.45, 2.75) is 39.8 Å². The first-order chi connectivity index (χ1) is 8.69. The lowest BCUT2D eigenvalue weighted by Crippen LogP contribution is -2.34. The minimum atomic E-state index is -0.528. The first kappa shape index (κ1) is 15.1. The molecule has 0 aliphatic heterocycles. The van der Waals surface area contributed by atoms with Crippen LogP contribution in [0.5, 0.6) is 0 Å². The van der Waals surface area contributed by atoms with E-state index in [9.17, 15) is 9.59 Å². The first-order valence-electron chi connectivity index (χ1n) is 6.10. The number of amides is 1. The van der Waals surface area contributed by atoms with Crippen molar-refractivity contribution < 1.29 is 14.3 Å². The van der Waals surface area contributed by atoms with Crippen LogP contribution in [0.15, 0.2) is 18.2 Å². The van der Waals surface area contributed by atoms with Gasteiger partial charge in [0.1, 0.15) is 11.3 Å². The van der Waals surface area contributed by atoms with Crippen LogP contribution in [0.1, 0.15) is 43.9 Å². The summed E-state index contributed by atoms with van der Waals surface area (Å²) in [5, 5.41) is 0. The Hall–Kier alpha value is -1.91. The smallest absolute Gasteiger partial charge is 0.410 e. The lowest BCUT2D eigenvalue weighted by Gasteiger charge is -2.24. The number of carbonyl (C=O) groups excluding carboxylic acids is 2. The highest BCUT2D eigenvalue weighted by molar-refractivity contribution is 5.92. The van der Waals surface area contributed by atoms with E-state index in [1.165, 1.54) is 11.8 Å². The molecular formula is C14H20N2O3. The van der Waals surface area contributed by atoms with Gasteiger partial charge in [-0.25, -0.2) is 9.78 Å². The maximum absolute atomic E-state index is 11.8. The predicted molar refractivity (Wildman–Crippen MR) is 71.9 cm³/mol. The predicted octanol–water partition coefficient (Wildman–Crippen LogP) is 2.65. The number of ether oxygens (including phenoxy) is 1. The fourth-order valence-corrected chi connectivity index (χ4v) is 1.41. The topological polar surface area (TPSA) is 59.5 Å². The van der Waals surface area contributed by atoms with Crippen LogP contribution in [-0.4, -0.2) is 34.4 Å². The monoisotopic (exact) mass is 264 g/mol. The number of rotatable bonds is 3. The SMILES string of the molecule is CC(=O)c1cccc(CN(C)C(=O)OC(C)(C)C)n1. The number of hydrogen-bond acceptors (Lipinski definition) is 4. The normalized spacial score (nSPS) is 11.0. The average Bonchev–Trinajstić information content (AvgIpc) is 2.27. The Morgan fingerprint density at radius 2 is 1.95 bits per heavy atom. The van der Waals surface area contributed by atoms with E-state index in [-0.39, 0.29) is 5.78 Å². The minimum Gasteiger partial charge on any atom is -0.444 e. The Bertz CT molecular complexity index is 478. The summed E-state index contributed by atoms with van der Waals surface area (Å²) in [6.07, 6.45) is -0.414. The van der Waals surface area contributed by atoms with Gasteiger partial charge in [-0.1, -0.05) is 6.07 Å². The zero-order valence-electron chi connectivity index (χ0n) is 12.1. The number of Topliss-reactive ketones (excluding diaryl/α,β-unsaturated/α-hetero) is 1. The quantitative estimate of drug-likeness (QED) is 0.787. The summed E-state index contributed by atoms with van der Waals surface area (Å²) < 4.78 is 5.24. The van der Waals surface area contributed by atoms with Gasteiger partial charge in [-0.15, -0.1) is 0 Å². The first-order valence-corrected chi connectivity index (χ1v) is 6.10. The van der Waals surface area contributed by atoms with Gasteiger partial charge in [-0.2, -0.15) is 0 Å². The van der Waals surface area contributed by atoms with Crippen LogP contribution in [0.2, 0.25) is 0 Å². The molecule has 1 amide bonds. The van der Waals surface area contributed by atoms with Crippen molar-refractivity contribution in [2.75, 3.05) is 7.05 Å². The van der Waals surface area contributed by atoms with Crippen LogP contribution in [0.3, 0.4) is 0 Å². The summed E-state index contributed by atoms with van der Waals surface area (Å²) >= 11 is 0. The van der Waals surface area contributed by atoms with Crippen LogP contribution < -0.4 is 0 Å². The van der Waals surface area contributed by atoms with Crippen molar-refractivity contribution in [3.05, 3.63) is 29.6 Å². The molecule has 1 rings (SSSR count). The molecule has 0 spiro atoms. The van der Waals surface area contributed by atoms with E-state index in [1.807, 2.05) is 20.8 Å². The molecule has 104 valence electrons. The van der Waals surface area contributed by atoms with Gasteiger partial charge in [-0.05, 0) is 32.9 Å². The molecule has 0 unspecified atom stereocenters. The summed E-state index contributed by atoms with van der Waals surface area (Å²) in [4.78, 5) is 28.6. The number of hydrogen-bond donors (Lipinski definition) is 0. The van der Waals surface area contributed by atoms with Gasteiger partial charge in [0.15, 0.2) is 5.78 Å². The fourth-order valence-electron chi connectivity index (χ4n) is 1.41. The number of nitrogens with zero attached hydrogens (tertiary/aromatic N) is 2. The van der Waals surface area contributed by atoms with Crippen molar-refractivity contribution in [2.24, 2.45) is 0 Å². The molecule has 0 saturated carbocycles. The lowest BCUT2D eigenvalue weighted by atomic mass is 10.2. The van der Waals surface area contributed by atoms with E-state index < -0.39 is 11.7 Å². The number of pyridine rings is 1. The largest absolute Gasteiger partial charge is 0.444 e. The van der Waals surface area contributed by atoms with E-state index in [1.54, 1.807) is 25.2 Å². The van der Waals surface area contributed by atoms with E-state index in [4.69, 9.17) is 4.74 Å². The third kappa shape index (κ3) is 5.07. The summed E-state index contributed by atoms with van der Waals surface area (Å²) in [6.45, 7) is 7.20. The molecule has 0 aromatic carbocycles. The molecular weight excluding hydrogens is 244 g/mol. The molecule has 0 bridgehead atoms. The summed E-state index contributed by atoms with van der Waals surface area (Å²) in [6, 6.07) is 5.18. The van der Waals surface area contributed by atoms with Crippen molar-refractivity contribution in [3.8, 4) is 0 Å². The maximum atomic E-state index is 11.8. The minimum absolute atomic E-state index is 0.0956. The van der Waals surface area contributed by atoms with Crippen molar-refractivity contribution in [1.29, 1.82) is 0 Å². The van der Waals surface area contributed by atoms with Crippen molar-refractivity contribution in [3.63, 3.8) is 0 Å². The fraction of sp³-hybridized carbons (Fsp3) is 0.500. The Labute approximate surface area is 113 Å². The van der Waals surface area contributed by atoms with Gasteiger partial charge in [0.2, 0.25) is 0 Å². The molecule has 0 saturated heterocycles. The van der Waals surface area contributed by atoms with E-state index >= 15 is 0 Å². The number of aromatic nitrogens is 1. The molecule has 0 radical (unpaired) electrons. The van der Waals surface area contributed by atoms with E-state index in [0.717, 1.165) is 0 Å². The van der Waals surface area contributed by atoms with Gasteiger partial charge in [0.05, 0.1) is 12.2 Å². The Morgan fingerprint density at radius 3 is 2.47 bits per heavy atom. The molecule has 0 fully saturated rings. The van der Waals surface area contributed by atoms with Crippen LogP contribution in [-0.2, 0) is 11.3 Å². The highest BCUT2D eigenvalue weighted by atomic mass is 16.6. The second-order valence-electron chi connectivity index (χ2n) is 5.41. The Morgan fingerprint density at radius 1 is 1.32 bits per heavy atom. The van der Waals surface area contributed by atoms with Gasteiger partial charge in [0, 0.05) is 14.0 Å². The molecule has 5 heteroatoms. The maximum Gasteiger partial charge on any atom is 0.410 e. The van der Waals surface area contributed by atoms with Crippen molar-refractivity contribution >= 4 is 11.9 Å². The van der Waals surface area contributed by atoms with Crippen LogP contribution >= 0.6 is 0 Å². The third-order valence-corrected chi connectivity index (χ3v) is 2.27. The molecule has 19 heavy (non-hydrogen) atoms. The summed E-state index contributed by atoms with van der Waals surface area (Å²) in [5.41, 5.74) is 0.524. The molecule has 5 nitrogen and oxygen atoms in total. The van der Waals surface area contributed by atoms with Crippen LogP contribution in [0.4, 0.5) is 4.79 Å². The standard InChI is InChI=1S/C14H20N2O3/c1-10(17)12-8-6-7-11(15-12)9-16(5)13(18)19-14(2,3)4/h6-8H,9H2,1-5H3. The second-order valence-corrected chi connectivity index (χ2v) is 5.41. The second kappa shape index (κ2) is 5.82. The molecule has 0 atom stereocenters. The zero-order valence-corrected chi connectivity index (χ0v) is 12.1. The van der Waals surface area contributed by atoms with Crippen LogP contribution in [0.25, 0.3) is 0 Å². The zero-order chi connectivity index (χ0) is 14.6. The summed E-state index contributed by atoms with van der Waals surface area (Å²) in [7, 11) is 1.64. The summed E-state index contributed by atoms with van der Waals surface area (Å²) in [5.74, 6) is -0.0956. The van der Waals surface area contributed by atoms with Gasteiger partial charge in [0.25, 0.3) is 0 Å². The molecule has 0 aliphatic carbocycles. The number of ketones is 1.